The Morgan fingerprint density at radius 1 is 1.08 bits per heavy atom. The summed E-state index contributed by atoms with van der Waals surface area (Å²) in [6, 6.07) is 11.9. The highest BCUT2D eigenvalue weighted by atomic mass is 16.6. The molecule has 5 heteroatoms. The number of piperidine rings is 1. The molecule has 0 unspecified atom stereocenters. The number of hydrogen-bond donors (Lipinski definition) is 1. The molecule has 2 aromatic rings. The zero-order valence-corrected chi connectivity index (χ0v) is 14.3. The van der Waals surface area contributed by atoms with E-state index in [-0.39, 0.29) is 5.92 Å². The first-order valence-electron chi connectivity index (χ1n) is 8.99. The van der Waals surface area contributed by atoms with Crippen molar-refractivity contribution in [2.24, 2.45) is 5.92 Å². The highest BCUT2D eigenvalue weighted by Gasteiger charge is 2.27. The molecule has 0 aliphatic carbocycles. The third-order valence-corrected chi connectivity index (χ3v) is 5.08. The number of rotatable bonds is 4. The van der Waals surface area contributed by atoms with Crippen molar-refractivity contribution in [2.75, 3.05) is 26.3 Å². The highest BCUT2D eigenvalue weighted by molar-refractivity contribution is 5.43. The number of aromatic nitrogens is 1. The minimum Gasteiger partial charge on any atom is -0.486 e. The first kappa shape index (κ1) is 16.4. The Labute approximate surface area is 148 Å². The van der Waals surface area contributed by atoms with Crippen LogP contribution in [0.3, 0.4) is 0 Å². The number of aliphatic hydroxyl groups excluding tert-OH is 1. The summed E-state index contributed by atoms with van der Waals surface area (Å²) in [6.45, 7) is 4.13. The van der Waals surface area contributed by atoms with Crippen LogP contribution in [0.1, 0.15) is 30.2 Å². The molecule has 1 saturated heterocycles. The Hall–Kier alpha value is -2.11. The van der Waals surface area contributed by atoms with Gasteiger partial charge in [0.05, 0.1) is 11.8 Å². The SMILES string of the molecule is O[C@H](c1ccccn1)C1CCN(Cc2ccc3c(c2)OCCO3)CC1. The number of pyridine rings is 1. The molecule has 0 amide bonds. The molecule has 0 bridgehead atoms. The summed E-state index contributed by atoms with van der Waals surface area (Å²) in [5.74, 6) is 1.97. The van der Waals surface area contributed by atoms with Crippen LogP contribution in [-0.2, 0) is 6.54 Å². The monoisotopic (exact) mass is 340 g/mol. The van der Waals surface area contributed by atoms with Gasteiger partial charge in [-0.05, 0) is 61.7 Å². The van der Waals surface area contributed by atoms with Gasteiger partial charge in [-0.15, -0.1) is 0 Å². The average molecular weight is 340 g/mol. The molecule has 3 heterocycles. The fourth-order valence-electron chi connectivity index (χ4n) is 3.66. The standard InChI is InChI=1S/C20H24N2O3/c23-20(17-3-1-2-8-21-17)16-6-9-22(10-7-16)14-15-4-5-18-19(13-15)25-12-11-24-18/h1-5,8,13,16,20,23H,6-7,9-12,14H2/t20-/m0/s1. The van der Waals surface area contributed by atoms with Crippen LogP contribution in [0.4, 0.5) is 0 Å². The Kier molecular flexibility index (Phi) is 4.85. The third-order valence-electron chi connectivity index (χ3n) is 5.08. The molecule has 0 saturated carbocycles. The van der Waals surface area contributed by atoms with Gasteiger partial charge in [0.25, 0.3) is 0 Å². The predicted molar refractivity (Wildman–Crippen MR) is 94.6 cm³/mol. The molecule has 5 nitrogen and oxygen atoms in total. The smallest absolute Gasteiger partial charge is 0.161 e. The van der Waals surface area contributed by atoms with Gasteiger partial charge in [-0.1, -0.05) is 12.1 Å². The lowest BCUT2D eigenvalue weighted by atomic mass is 9.89. The molecule has 1 aromatic carbocycles. The van der Waals surface area contributed by atoms with Crippen molar-refractivity contribution in [3.05, 3.63) is 53.9 Å². The molecule has 1 fully saturated rings. The lowest BCUT2D eigenvalue weighted by Gasteiger charge is -2.34. The fourth-order valence-corrected chi connectivity index (χ4v) is 3.66. The van der Waals surface area contributed by atoms with E-state index in [0.29, 0.717) is 13.2 Å². The van der Waals surface area contributed by atoms with Crippen molar-refractivity contribution in [1.82, 2.24) is 9.88 Å². The molecule has 132 valence electrons. The summed E-state index contributed by atoms with van der Waals surface area (Å²) < 4.78 is 11.2. The Balaban J connectivity index is 1.33. The van der Waals surface area contributed by atoms with Crippen LogP contribution in [-0.4, -0.2) is 41.3 Å². The lowest BCUT2D eigenvalue weighted by Crippen LogP contribution is -2.35. The summed E-state index contributed by atoms with van der Waals surface area (Å²) in [4.78, 5) is 6.73. The molecule has 0 radical (unpaired) electrons. The quantitative estimate of drug-likeness (QED) is 0.927. The zero-order chi connectivity index (χ0) is 17.1. The van der Waals surface area contributed by atoms with Gasteiger partial charge in [-0.2, -0.15) is 0 Å². The summed E-state index contributed by atoms with van der Waals surface area (Å²) in [5.41, 5.74) is 2.03. The Morgan fingerprint density at radius 3 is 2.64 bits per heavy atom. The molecular formula is C20H24N2O3. The number of benzene rings is 1. The largest absolute Gasteiger partial charge is 0.486 e. The number of likely N-dealkylation sites (tertiary alicyclic amines) is 1. The normalized spacial score (nSPS) is 19.6. The first-order valence-corrected chi connectivity index (χ1v) is 8.99. The Morgan fingerprint density at radius 2 is 1.88 bits per heavy atom. The topological polar surface area (TPSA) is 54.8 Å². The summed E-state index contributed by atoms with van der Waals surface area (Å²) in [7, 11) is 0. The van der Waals surface area contributed by atoms with Crippen molar-refractivity contribution >= 4 is 0 Å². The maximum Gasteiger partial charge on any atom is 0.161 e. The van der Waals surface area contributed by atoms with Crippen LogP contribution < -0.4 is 9.47 Å². The summed E-state index contributed by atoms with van der Waals surface area (Å²) >= 11 is 0. The van der Waals surface area contributed by atoms with Crippen molar-refractivity contribution in [2.45, 2.75) is 25.5 Å². The van der Waals surface area contributed by atoms with Crippen LogP contribution in [0.25, 0.3) is 0 Å². The maximum atomic E-state index is 10.5. The Bertz CT molecular complexity index is 699. The number of hydrogen-bond acceptors (Lipinski definition) is 5. The van der Waals surface area contributed by atoms with Crippen molar-refractivity contribution in [3.8, 4) is 11.5 Å². The van der Waals surface area contributed by atoms with Gasteiger partial charge in [0.15, 0.2) is 11.5 Å². The van der Waals surface area contributed by atoms with Crippen molar-refractivity contribution in [1.29, 1.82) is 0 Å². The van der Waals surface area contributed by atoms with E-state index in [1.165, 1.54) is 5.56 Å². The molecule has 1 atom stereocenters. The van der Waals surface area contributed by atoms with Gasteiger partial charge < -0.3 is 14.6 Å². The highest BCUT2D eigenvalue weighted by Crippen LogP contribution is 2.33. The zero-order valence-electron chi connectivity index (χ0n) is 14.3. The van der Waals surface area contributed by atoms with Gasteiger partial charge in [0.2, 0.25) is 0 Å². The minimum atomic E-state index is -0.461. The molecule has 2 aliphatic rings. The van der Waals surface area contributed by atoms with E-state index >= 15 is 0 Å². The third kappa shape index (κ3) is 3.78. The second-order valence-corrected chi connectivity index (χ2v) is 6.79. The van der Waals surface area contributed by atoms with Gasteiger partial charge in [0.1, 0.15) is 13.2 Å². The number of fused-ring (bicyclic) bond motifs is 1. The van der Waals surface area contributed by atoms with E-state index in [1.807, 2.05) is 24.3 Å². The van der Waals surface area contributed by atoms with E-state index in [1.54, 1.807) is 6.20 Å². The molecule has 25 heavy (non-hydrogen) atoms. The van der Waals surface area contributed by atoms with Crippen LogP contribution >= 0.6 is 0 Å². The maximum absolute atomic E-state index is 10.5. The van der Waals surface area contributed by atoms with Crippen molar-refractivity contribution < 1.29 is 14.6 Å². The van der Waals surface area contributed by atoms with E-state index in [2.05, 4.69) is 22.0 Å². The van der Waals surface area contributed by atoms with Gasteiger partial charge in [-0.3, -0.25) is 9.88 Å². The van der Waals surface area contributed by atoms with E-state index in [9.17, 15) is 5.11 Å². The summed E-state index contributed by atoms with van der Waals surface area (Å²) in [6.07, 6.45) is 3.26. The van der Waals surface area contributed by atoms with Crippen LogP contribution in [0, 0.1) is 5.92 Å². The molecule has 4 rings (SSSR count). The molecule has 1 aromatic heterocycles. The molecule has 2 aliphatic heterocycles. The second-order valence-electron chi connectivity index (χ2n) is 6.79. The summed E-state index contributed by atoms with van der Waals surface area (Å²) in [5, 5.41) is 10.5. The van der Waals surface area contributed by atoms with Crippen molar-refractivity contribution in [3.63, 3.8) is 0 Å². The predicted octanol–water partition coefficient (Wildman–Crippen LogP) is 2.80. The van der Waals surface area contributed by atoms with Crippen LogP contribution in [0.5, 0.6) is 11.5 Å². The number of aliphatic hydroxyl groups is 1. The fraction of sp³-hybridized carbons (Fsp3) is 0.450. The van der Waals surface area contributed by atoms with E-state index in [4.69, 9.17) is 9.47 Å². The molecular weight excluding hydrogens is 316 g/mol. The van der Waals surface area contributed by atoms with Gasteiger partial charge in [0, 0.05) is 12.7 Å². The number of nitrogens with zero attached hydrogens (tertiary/aromatic N) is 2. The molecule has 0 spiro atoms. The number of ether oxygens (including phenoxy) is 2. The van der Waals surface area contributed by atoms with Crippen LogP contribution in [0.15, 0.2) is 42.6 Å². The minimum absolute atomic E-state index is 0.284. The second kappa shape index (κ2) is 7.42. The van der Waals surface area contributed by atoms with E-state index in [0.717, 1.165) is 49.7 Å². The molecule has 1 N–H and O–H groups in total. The van der Waals surface area contributed by atoms with Gasteiger partial charge >= 0.3 is 0 Å². The van der Waals surface area contributed by atoms with E-state index < -0.39 is 6.10 Å². The van der Waals surface area contributed by atoms with Gasteiger partial charge in [-0.25, -0.2) is 0 Å². The average Bonchev–Trinajstić information content (AvgIpc) is 2.69. The lowest BCUT2D eigenvalue weighted by molar-refractivity contribution is 0.0539. The van der Waals surface area contributed by atoms with Crippen LogP contribution in [0.2, 0.25) is 0 Å². The first-order chi connectivity index (χ1) is 12.3.